The van der Waals surface area contributed by atoms with Crippen molar-refractivity contribution >= 4 is 29.1 Å². The smallest absolute Gasteiger partial charge is 0.313 e. The van der Waals surface area contributed by atoms with Crippen LogP contribution in [0.15, 0.2) is 42.5 Å². The average molecular weight is 432 g/mol. The second-order valence-corrected chi connectivity index (χ2v) is 7.38. The minimum atomic E-state index is -0.733. The maximum atomic E-state index is 12.4. The highest BCUT2D eigenvalue weighted by atomic mass is 35.5. The van der Waals surface area contributed by atoms with Crippen LogP contribution in [0.2, 0.25) is 5.02 Å². The minimum absolute atomic E-state index is 0.129. The molecule has 0 saturated carbocycles. The Morgan fingerprint density at radius 3 is 2.50 bits per heavy atom. The molecule has 2 aliphatic heterocycles. The fourth-order valence-corrected chi connectivity index (χ4v) is 3.58. The fraction of sp³-hybridized carbons (Fsp3) is 0.333. The maximum absolute atomic E-state index is 12.4. The molecule has 158 valence electrons. The van der Waals surface area contributed by atoms with Crippen LogP contribution in [-0.2, 0) is 14.3 Å². The predicted octanol–water partition coefficient (Wildman–Crippen LogP) is 2.20. The van der Waals surface area contributed by atoms with Crippen molar-refractivity contribution in [2.45, 2.75) is 6.04 Å². The lowest BCUT2D eigenvalue weighted by atomic mass is 10.0. The van der Waals surface area contributed by atoms with Crippen molar-refractivity contribution in [2.75, 3.05) is 45.0 Å². The molecule has 2 aromatic carbocycles. The summed E-state index contributed by atoms with van der Waals surface area (Å²) in [6, 6.07) is 12.2. The van der Waals surface area contributed by atoms with E-state index >= 15 is 0 Å². The first-order chi connectivity index (χ1) is 14.6. The van der Waals surface area contributed by atoms with E-state index in [2.05, 4.69) is 15.5 Å². The van der Waals surface area contributed by atoms with Gasteiger partial charge in [-0.1, -0.05) is 17.7 Å². The summed E-state index contributed by atoms with van der Waals surface area (Å²) in [6.07, 6.45) is 0. The number of benzene rings is 2. The van der Waals surface area contributed by atoms with Crippen LogP contribution in [0.4, 0.5) is 5.69 Å². The van der Waals surface area contributed by atoms with E-state index in [-0.39, 0.29) is 19.4 Å². The van der Waals surface area contributed by atoms with E-state index in [0.29, 0.717) is 35.4 Å². The molecule has 0 aliphatic carbocycles. The molecule has 0 aromatic heterocycles. The molecule has 2 N–H and O–H groups in total. The number of ether oxygens (including phenoxy) is 3. The summed E-state index contributed by atoms with van der Waals surface area (Å²) in [5.41, 5.74) is 1.47. The van der Waals surface area contributed by atoms with Crippen molar-refractivity contribution in [3.05, 3.63) is 53.1 Å². The van der Waals surface area contributed by atoms with Gasteiger partial charge in [0.25, 0.3) is 0 Å². The van der Waals surface area contributed by atoms with E-state index in [1.54, 1.807) is 24.3 Å². The van der Waals surface area contributed by atoms with Gasteiger partial charge in [-0.05, 0) is 42.0 Å². The van der Waals surface area contributed by atoms with E-state index in [1.165, 1.54) is 0 Å². The number of anilines is 1. The molecule has 2 aliphatic rings. The van der Waals surface area contributed by atoms with Crippen LogP contribution < -0.4 is 20.1 Å². The highest BCUT2D eigenvalue weighted by Crippen LogP contribution is 2.35. The van der Waals surface area contributed by atoms with Gasteiger partial charge in [0.2, 0.25) is 6.79 Å². The van der Waals surface area contributed by atoms with Crippen molar-refractivity contribution < 1.29 is 23.8 Å². The Labute approximate surface area is 179 Å². The Morgan fingerprint density at radius 1 is 1.00 bits per heavy atom. The summed E-state index contributed by atoms with van der Waals surface area (Å²) in [4.78, 5) is 26.9. The first-order valence-corrected chi connectivity index (χ1v) is 10.0. The number of fused-ring (bicyclic) bond motifs is 1. The molecule has 2 aromatic rings. The first kappa shape index (κ1) is 20.5. The molecule has 1 unspecified atom stereocenters. The van der Waals surface area contributed by atoms with E-state index in [1.807, 2.05) is 18.2 Å². The molecule has 1 saturated heterocycles. The van der Waals surface area contributed by atoms with Crippen LogP contribution in [0.3, 0.4) is 0 Å². The Bertz CT molecular complexity index is 915. The molecule has 2 heterocycles. The zero-order valence-electron chi connectivity index (χ0n) is 16.2. The maximum Gasteiger partial charge on any atom is 0.313 e. The highest BCUT2D eigenvalue weighted by Gasteiger charge is 2.26. The number of rotatable bonds is 5. The van der Waals surface area contributed by atoms with E-state index in [4.69, 9.17) is 25.8 Å². The summed E-state index contributed by atoms with van der Waals surface area (Å²) in [5, 5.41) is 5.86. The summed E-state index contributed by atoms with van der Waals surface area (Å²) in [5.74, 6) is -0.0592. The number of halogens is 1. The van der Waals surface area contributed by atoms with E-state index in [0.717, 1.165) is 18.7 Å². The summed E-state index contributed by atoms with van der Waals surface area (Å²) in [6.45, 7) is 3.16. The number of amides is 2. The van der Waals surface area contributed by atoms with Crippen LogP contribution in [0.1, 0.15) is 11.6 Å². The van der Waals surface area contributed by atoms with Gasteiger partial charge >= 0.3 is 11.8 Å². The Hall–Kier alpha value is -2.81. The van der Waals surface area contributed by atoms with Gasteiger partial charge in [0.05, 0.1) is 19.3 Å². The summed E-state index contributed by atoms with van der Waals surface area (Å²) >= 11 is 5.84. The van der Waals surface area contributed by atoms with Gasteiger partial charge in [-0.15, -0.1) is 0 Å². The third-order valence-electron chi connectivity index (χ3n) is 5.03. The molecule has 0 spiro atoms. The van der Waals surface area contributed by atoms with Crippen LogP contribution in [0, 0.1) is 0 Å². The molecule has 9 heteroatoms. The summed E-state index contributed by atoms with van der Waals surface area (Å²) < 4.78 is 16.3. The standard InChI is InChI=1S/C21H22ClN3O5/c22-15-2-4-16(5-3-15)24-21(27)20(26)23-12-17(25-7-9-28-10-8-25)14-1-6-18-19(11-14)30-13-29-18/h1-6,11,17H,7-10,12-13H2,(H,23,26)(H,24,27). The number of nitrogens with one attached hydrogen (secondary N) is 2. The number of hydrogen-bond acceptors (Lipinski definition) is 6. The Balaban J connectivity index is 1.43. The number of hydrogen-bond donors (Lipinski definition) is 2. The second-order valence-electron chi connectivity index (χ2n) is 6.95. The highest BCUT2D eigenvalue weighted by molar-refractivity contribution is 6.39. The van der Waals surface area contributed by atoms with Crippen LogP contribution in [0.5, 0.6) is 11.5 Å². The zero-order valence-corrected chi connectivity index (χ0v) is 17.0. The van der Waals surface area contributed by atoms with Crippen LogP contribution in [-0.4, -0.2) is 56.4 Å². The van der Waals surface area contributed by atoms with Crippen molar-refractivity contribution in [3.8, 4) is 11.5 Å². The molecule has 30 heavy (non-hydrogen) atoms. The molecule has 8 nitrogen and oxygen atoms in total. The molecule has 0 radical (unpaired) electrons. The van der Waals surface area contributed by atoms with Gasteiger partial charge in [0.1, 0.15) is 0 Å². The van der Waals surface area contributed by atoms with Crippen molar-refractivity contribution in [3.63, 3.8) is 0 Å². The normalized spacial score (nSPS) is 16.7. The van der Waals surface area contributed by atoms with E-state index in [9.17, 15) is 9.59 Å². The van der Waals surface area contributed by atoms with Crippen molar-refractivity contribution in [1.29, 1.82) is 0 Å². The lowest BCUT2D eigenvalue weighted by Crippen LogP contribution is -2.45. The second kappa shape index (κ2) is 9.34. The Kier molecular flexibility index (Phi) is 6.37. The van der Waals surface area contributed by atoms with Crippen LogP contribution in [0.25, 0.3) is 0 Å². The minimum Gasteiger partial charge on any atom is -0.454 e. The predicted molar refractivity (Wildman–Crippen MR) is 111 cm³/mol. The van der Waals surface area contributed by atoms with Crippen LogP contribution >= 0.6 is 11.6 Å². The SMILES string of the molecule is O=C(NCC(c1ccc2c(c1)OCO2)N1CCOCC1)C(=O)Nc1ccc(Cl)cc1. The van der Waals surface area contributed by atoms with Gasteiger partial charge in [0.15, 0.2) is 11.5 Å². The lowest BCUT2D eigenvalue weighted by molar-refractivity contribution is -0.136. The topological polar surface area (TPSA) is 89.1 Å². The van der Waals surface area contributed by atoms with Crippen molar-refractivity contribution in [2.24, 2.45) is 0 Å². The van der Waals surface area contributed by atoms with Gasteiger partial charge in [0, 0.05) is 30.3 Å². The number of morpholine rings is 1. The van der Waals surface area contributed by atoms with Crippen molar-refractivity contribution in [1.82, 2.24) is 10.2 Å². The largest absolute Gasteiger partial charge is 0.454 e. The number of nitrogens with zero attached hydrogens (tertiary/aromatic N) is 1. The molecule has 2 amide bonds. The number of carbonyl (C=O) groups excluding carboxylic acids is 2. The molecule has 1 atom stereocenters. The monoisotopic (exact) mass is 431 g/mol. The van der Waals surface area contributed by atoms with Gasteiger partial charge < -0.3 is 24.8 Å². The molecule has 4 rings (SSSR count). The molecule has 0 bridgehead atoms. The third-order valence-corrected chi connectivity index (χ3v) is 5.28. The summed E-state index contributed by atoms with van der Waals surface area (Å²) in [7, 11) is 0. The fourth-order valence-electron chi connectivity index (χ4n) is 3.46. The Morgan fingerprint density at radius 2 is 1.73 bits per heavy atom. The molecule has 1 fully saturated rings. The lowest BCUT2D eigenvalue weighted by Gasteiger charge is -2.34. The average Bonchev–Trinajstić information content (AvgIpc) is 3.24. The third kappa shape index (κ3) is 4.84. The quantitative estimate of drug-likeness (QED) is 0.705. The van der Waals surface area contributed by atoms with Gasteiger partial charge in [-0.2, -0.15) is 0 Å². The van der Waals surface area contributed by atoms with E-state index < -0.39 is 11.8 Å². The number of carbonyl (C=O) groups is 2. The van der Waals surface area contributed by atoms with Gasteiger partial charge in [-0.25, -0.2) is 0 Å². The first-order valence-electron chi connectivity index (χ1n) is 9.66. The zero-order chi connectivity index (χ0) is 20.9. The van der Waals surface area contributed by atoms with Gasteiger partial charge in [-0.3, -0.25) is 14.5 Å². The molecular formula is C21H22ClN3O5. The molecular weight excluding hydrogens is 410 g/mol.